The molecule has 0 radical (unpaired) electrons. The maximum absolute atomic E-state index is 5.49. The van der Waals surface area contributed by atoms with E-state index in [2.05, 4.69) is 9.97 Å². The molecule has 10 heavy (non-hydrogen) atoms. The Morgan fingerprint density at radius 1 is 1.50 bits per heavy atom. The molecule has 0 spiro atoms. The number of aromatic nitrogens is 2. The highest BCUT2D eigenvalue weighted by molar-refractivity contribution is 6.17. The Hall–Kier alpha value is -0.830. The van der Waals surface area contributed by atoms with Crippen molar-refractivity contribution in [1.29, 1.82) is 0 Å². The Bertz CT molecular complexity index is 214. The second-order valence-corrected chi connectivity index (χ2v) is 2.25. The molecule has 0 aromatic carbocycles. The molecular formula is C6H8ClN3. The molecule has 0 aliphatic heterocycles. The van der Waals surface area contributed by atoms with E-state index in [0.717, 1.165) is 12.1 Å². The van der Waals surface area contributed by atoms with Crippen LogP contribution in [0, 0.1) is 0 Å². The molecule has 0 aliphatic rings. The van der Waals surface area contributed by atoms with Crippen LogP contribution in [0.3, 0.4) is 0 Å². The number of hydrogen-bond acceptors (Lipinski definition) is 3. The number of nitrogens with two attached hydrogens (primary N) is 1. The Morgan fingerprint density at radius 2 is 2.30 bits per heavy atom. The molecule has 1 aromatic heterocycles. The molecular weight excluding hydrogens is 150 g/mol. The SMILES string of the molecule is Nc1cc(CCCl)ncn1. The number of halogens is 1. The molecule has 1 aromatic rings. The van der Waals surface area contributed by atoms with Crippen LogP contribution in [-0.2, 0) is 6.42 Å². The van der Waals surface area contributed by atoms with E-state index in [1.807, 2.05) is 0 Å². The Morgan fingerprint density at radius 3 is 2.90 bits per heavy atom. The Balaban J connectivity index is 2.75. The van der Waals surface area contributed by atoms with Crippen molar-refractivity contribution >= 4 is 17.4 Å². The van der Waals surface area contributed by atoms with Crippen molar-refractivity contribution in [2.45, 2.75) is 6.42 Å². The monoisotopic (exact) mass is 157 g/mol. The molecule has 0 atom stereocenters. The minimum Gasteiger partial charge on any atom is -0.384 e. The molecule has 0 bridgehead atoms. The van der Waals surface area contributed by atoms with Crippen LogP contribution in [0.1, 0.15) is 5.69 Å². The fourth-order valence-corrected chi connectivity index (χ4v) is 0.842. The molecule has 4 heteroatoms. The number of nitrogen functional groups attached to an aromatic ring is 1. The summed E-state index contributed by atoms with van der Waals surface area (Å²) in [4.78, 5) is 7.70. The van der Waals surface area contributed by atoms with Gasteiger partial charge in [0.25, 0.3) is 0 Å². The summed E-state index contributed by atoms with van der Waals surface area (Å²) >= 11 is 5.49. The van der Waals surface area contributed by atoms with Gasteiger partial charge in [-0.05, 0) is 0 Å². The summed E-state index contributed by atoms with van der Waals surface area (Å²) in [5.74, 6) is 1.06. The van der Waals surface area contributed by atoms with Crippen molar-refractivity contribution in [1.82, 2.24) is 9.97 Å². The van der Waals surface area contributed by atoms with Gasteiger partial charge in [0.05, 0.1) is 0 Å². The van der Waals surface area contributed by atoms with Gasteiger partial charge < -0.3 is 5.73 Å². The normalized spacial score (nSPS) is 9.70. The number of alkyl halides is 1. The predicted molar refractivity (Wildman–Crippen MR) is 40.9 cm³/mol. The minimum atomic E-state index is 0.495. The number of hydrogen-bond donors (Lipinski definition) is 1. The molecule has 0 aliphatic carbocycles. The number of nitrogens with zero attached hydrogens (tertiary/aromatic N) is 2. The summed E-state index contributed by atoms with van der Waals surface area (Å²) in [7, 11) is 0. The highest BCUT2D eigenvalue weighted by Gasteiger charge is 1.92. The summed E-state index contributed by atoms with van der Waals surface area (Å²) in [5.41, 5.74) is 6.29. The topological polar surface area (TPSA) is 51.8 Å². The van der Waals surface area contributed by atoms with Crippen LogP contribution < -0.4 is 5.73 Å². The summed E-state index contributed by atoms with van der Waals surface area (Å²) in [6.45, 7) is 0. The average Bonchev–Trinajstić information content (AvgIpc) is 1.88. The highest BCUT2D eigenvalue weighted by atomic mass is 35.5. The van der Waals surface area contributed by atoms with Crippen molar-refractivity contribution in [3.63, 3.8) is 0 Å². The largest absolute Gasteiger partial charge is 0.384 e. The number of rotatable bonds is 2. The van der Waals surface area contributed by atoms with Gasteiger partial charge in [-0.15, -0.1) is 11.6 Å². The summed E-state index contributed by atoms with van der Waals surface area (Å²) in [6.07, 6.45) is 2.19. The minimum absolute atomic E-state index is 0.495. The molecule has 0 fully saturated rings. The smallest absolute Gasteiger partial charge is 0.126 e. The highest BCUT2D eigenvalue weighted by Crippen LogP contribution is 1.99. The third-order valence-electron chi connectivity index (χ3n) is 1.10. The second kappa shape index (κ2) is 3.37. The van der Waals surface area contributed by atoms with Crippen LogP contribution in [0.25, 0.3) is 0 Å². The third-order valence-corrected chi connectivity index (χ3v) is 1.28. The van der Waals surface area contributed by atoms with Crippen molar-refractivity contribution in [3.05, 3.63) is 18.1 Å². The first-order valence-corrected chi connectivity index (χ1v) is 3.48. The molecule has 1 heterocycles. The molecule has 0 saturated heterocycles. The first-order valence-electron chi connectivity index (χ1n) is 2.95. The van der Waals surface area contributed by atoms with Crippen LogP contribution in [0.2, 0.25) is 0 Å². The first kappa shape index (κ1) is 7.28. The van der Waals surface area contributed by atoms with E-state index in [1.54, 1.807) is 6.07 Å². The first-order chi connectivity index (χ1) is 4.83. The van der Waals surface area contributed by atoms with Crippen molar-refractivity contribution < 1.29 is 0 Å². The van der Waals surface area contributed by atoms with Crippen LogP contribution in [0.4, 0.5) is 5.82 Å². The molecule has 0 unspecified atom stereocenters. The molecule has 54 valence electrons. The van der Waals surface area contributed by atoms with Gasteiger partial charge in [-0.3, -0.25) is 0 Å². The molecule has 3 nitrogen and oxygen atoms in total. The summed E-state index contributed by atoms with van der Waals surface area (Å²) in [6, 6.07) is 1.72. The lowest BCUT2D eigenvalue weighted by Gasteiger charge is -1.95. The zero-order valence-corrected chi connectivity index (χ0v) is 6.17. The van der Waals surface area contributed by atoms with Crippen molar-refractivity contribution in [2.24, 2.45) is 0 Å². The molecule has 0 amide bonds. The third kappa shape index (κ3) is 1.84. The van der Waals surface area contributed by atoms with Crippen LogP contribution in [0.5, 0.6) is 0 Å². The van der Waals surface area contributed by atoms with E-state index < -0.39 is 0 Å². The zero-order valence-electron chi connectivity index (χ0n) is 5.42. The van der Waals surface area contributed by atoms with E-state index in [1.165, 1.54) is 6.33 Å². The maximum Gasteiger partial charge on any atom is 0.126 e. The van der Waals surface area contributed by atoms with Crippen LogP contribution in [-0.4, -0.2) is 15.8 Å². The second-order valence-electron chi connectivity index (χ2n) is 1.87. The zero-order chi connectivity index (χ0) is 7.40. The number of anilines is 1. The van der Waals surface area contributed by atoms with Gasteiger partial charge in [0.1, 0.15) is 12.1 Å². The molecule has 1 rings (SSSR count). The van der Waals surface area contributed by atoms with Gasteiger partial charge in [0.2, 0.25) is 0 Å². The van der Waals surface area contributed by atoms with E-state index in [9.17, 15) is 0 Å². The summed E-state index contributed by atoms with van der Waals surface area (Å²) in [5, 5.41) is 0. The lowest BCUT2D eigenvalue weighted by Crippen LogP contribution is -1.96. The molecule has 2 N–H and O–H groups in total. The summed E-state index contributed by atoms with van der Waals surface area (Å²) < 4.78 is 0. The van der Waals surface area contributed by atoms with E-state index in [4.69, 9.17) is 17.3 Å². The van der Waals surface area contributed by atoms with Gasteiger partial charge in [-0.25, -0.2) is 9.97 Å². The Labute approximate surface area is 64.2 Å². The number of aryl methyl sites for hydroxylation is 1. The average molecular weight is 158 g/mol. The van der Waals surface area contributed by atoms with Crippen molar-refractivity contribution in [2.75, 3.05) is 11.6 Å². The van der Waals surface area contributed by atoms with Gasteiger partial charge >= 0.3 is 0 Å². The van der Waals surface area contributed by atoms with Gasteiger partial charge in [-0.2, -0.15) is 0 Å². The van der Waals surface area contributed by atoms with Gasteiger partial charge in [0, 0.05) is 24.1 Å². The van der Waals surface area contributed by atoms with Gasteiger partial charge in [0.15, 0.2) is 0 Å². The predicted octanol–water partition coefficient (Wildman–Crippen LogP) is 0.840. The Kier molecular flexibility index (Phi) is 2.45. The standard InChI is InChI=1S/C6H8ClN3/c7-2-1-5-3-6(8)10-4-9-5/h3-4H,1-2H2,(H2,8,9,10). The fraction of sp³-hybridized carbons (Fsp3) is 0.333. The van der Waals surface area contributed by atoms with Crippen LogP contribution in [0.15, 0.2) is 12.4 Å². The lowest BCUT2D eigenvalue weighted by atomic mass is 10.3. The van der Waals surface area contributed by atoms with E-state index in [-0.39, 0.29) is 0 Å². The quantitative estimate of drug-likeness (QED) is 0.648. The van der Waals surface area contributed by atoms with Crippen LogP contribution >= 0.6 is 11.6 Å². The lowest BCUT2D eigenvalue weighted by molar-refractivity contribution is 1.01. The van der Waals surface area contributed by atoms with Crippen molar-refractivity contribution in [3.8, 4) is 0 Å². The van der Waals surface area contributed by atoms with Gasteiger partial charge in [-0.1, -0.05) is 0 Å². The molecule has 0 saturated carbocycles. The van der Waals surface area contributed by atoms with E-state index >= 15 is 0 Å². The maximum atomic E-state index is 5.49. The fourth-order valence-electron chi connectivity index (χ4n) is 0.648. The van der Waals surface area contributed by atoms with E-state index in [0.29, 0.717) is 11.7 Å².